The summed E-state index contributed by atoms with van der Waals surface area (Å²) in [6.45, 7) is 10.1. The van der Waals surface area contributed by atoms with Crippen molar-refractivity contribution in [2.75, 3.05) is 0 Å². The van der Waals surface area contributed by atoms with E-state index in [9.17, 15) is 14.0 Å². The Hall–Kier alpha value is -1.91. The normalized spacial score (nSPS) is 12.0. The Bertz CT molecular complexity index is 550. The molecular formula is C16H21FO4. The van der Waals surface area contributed by atoms with Crippen molar-refractivity contribution in [3.63, 3.8) is 0 Å². The minimum atomic E-state index is -0.888. The molecule has 116 valence electrons. The highest BCUT2D eigenvalue weighted by molar-refractivity contribution is 6.03. The van der Waals surface area contributed by atoms with Crippen LogP contribution in [-0.4, -0.2) is 23.1 Å². The maximum Gasteiger partial charge on any atom is 0.342 e. The number of carbonyl (C=O) groups is 2. The minimum Gasteiger partial charge on any atom is -0.456 e. The van der Waals surface area contributed by atoms with Crippen LogP contribution in [-0.2, 0) is 9.47 Å². The molecule has 0 radical (unpaired) electrons. The zero-order valence-electron chi connectivity index (χ0n) is 13.2. The van der Waals surface area contributed by atoms with Gasteiger partial charge in [0, 0.05) is 0 Å². The van der Waals surface area contributed by atoms with Gasteiger partial charge in [0.2, 0.25) is 0 Å². The van der Waals surface area contributed by atoms with Crippen molar-refractivity contribution in [1.29, 1.82) is 0 Å². The summed E-state index contributed by atoms with van der Waals surface area (Å²) in [4.78, 5) is 24.2. The molecule has 0 saturated carbocycles. The van der Waals surface area contributed by atoms with E-state index in [2.05, 4.69) is 0 Å². The lowest BCUT2D eigenvalue weighted by molar-refractivity contribution is 0.00144. The summed E-state index contributed by atoms with van der Waals surface area (Å²) in [5.41, 5.74) is -2.07. The molecule has 1 aromatic carbocycles. The van der Waals surface area contributed by atoms with Gasteiger partial charge >= 0.3 is 11.9 Å². The van der Waals surface area contributed by atoms with Gasteiger partial charge in [0.1, 0.15) is 22.6 Å². The largest absolute Gasteiger partial charge is 0.456 e. The van der Waals surface area contributed by atoms with E-state index < -0.39 is 34.5 Å². The molecular weight excluding hydrogens is 275 g/mol. The fraction of sp³-hybridized carbons (Fsp3) is 0.500. The van der Waals surface area contributed by atoms with E-state index in [1.54, 1.807) is 41.5 Å². The average molecular weight is 296 g/mol. The zero-order chi connectivity index (χ0) is 16.4. The first-order valence-corrected chi connectivity index (χ1v) is 6.66. The molecule has 0 bridgehead atoms. The molecule has 0 heterocycles. The van der Waals surface area contributed by atoms with E-state index in [4.69, 9.17) is 9.47 Å². The summed E-state index contributed by atoms with van der Waals surface area (Å²) in [7, 11) is 0. The molecule has 0 aliphatic rings. The fourth-order valence-corrected chi connectivity index (χ4v) is 1.56. The molecule has 0 N–H and O–H groups in total. The highest BCUT2D eigenvalue weighted by atomic mass is 19.1. The average Bonchev–Trinajstić information content (AvgIpc) is 2.23. The van der Waals surface area contributed by atoms with Gasteiger partial charge < -0.3 is 9.47 Å². The lowest BCUT2D eigenvalue weighted by Gasteiger charge is -2.22. The maximum atomic E-state index is 14.0. The molecule has 0 atom stereocenters. The van der Waals surface area contributed by atoms with E-state index in [1.807, 2.05) is 0 Å². The quantitative estimate of drug-likeness (QED) is 0.780. The van der Waals surface area contributed by atoms with E-state index >= 15 is 0 Å². The first kappa shape index (κ1) is 17.1. The topological polar surface area (TPSA) is 52.6 Å². The fourth-order valence-electron chi connectivity index (χ4n) is 1.56. The van der Waals surface area contributed by atoms with E-state index in [0.717, 1.165) is 6.07 Å². The lowest BCUT2D eigenvalue weighted by atomic mass is 10.1. The molecule has 0 saturated heterocycles. The third-order valence-corrected chi connectivity index (χ3v) is 2.24. The van der Waals surface area contributed by atoms with Crippen LogP contribution in [0.3, 0.4) is 0 Å². The van der Waals surface area contributed by atoms with Crippen molar-refractivity contribution in [3.8, 4) is 0 Å². The molecule has 4 nitrogen and oxygen atoms in total. The number of ether oxygens (including phenoxy) is 2. The van der Waals surface area contributed by atoms with Gasteiger partial charge in [-0.05, 0) is 53.7 Å². The third-order valence-electron chi connectivity index (χ3n) is 2.24. The predicted octanol–water partition coefficient (Wildman–Crippen LogP) is 3.74. The number of rotatable bonds is 2. The summed E-state index contributed by atoms with van der Waals surface area (Å²) in [6, 6.07) is 3.80. The number of esters is 2. The van der Waals surface area contributed by atoms with Crippen molar-refractivity contribution < 1.29 is 23.5 Å². The summed E-state index contributed by atoms with van der Waals surface area (Å²) < 4.78 is 24.3. The van der Waals surface area contributed by atoms with E-state index in [0.29, 0.717) is 0 Å². The van der Waals surface area contributed by atoms with Crippen LogP contribution in [0.4, 0.5) is 4.39 Å². The predicted molar refractivity (Wildman–Crippen MR) is 76.7 cm³/mol. The van der Waals surface area contributed by atoms with Crippen molar-refractivity contribution >= 4 is 11.9 Å². The molecule has 0 unspecified atom stereocenters. The highest BCUT2D eigenvalue weighted by Crippen LogP contribution is 2.21. The van der Waals surface area contributed by atoms with Crippen molar-refractivity contribution in [3.05, 3.63) is 35.1 Å². The highest BCUT2D eigenvalue weighted by Gasteiger charge is 2.28. The van der Waals surface area contributed by atoms with Gasteiger partial charge in [-0.2, -0.15) is 0 Å². The number of hydrogen-bond donors (Lipinski definition) is 0. The Morgan fingerprint density at radius 3 is 1.86 bits per heavy atom. The van der Waals surface area contributed by atoms with Crippen LogP contribution in [0.25, 0.3) is 0 Å². The van der Waals surface area contributed by atoms with Gasteiger partial charge in [-0.1, -0.05) is 6.07 Å². The van der Waals surface area contributed by atoms with Crippen LogP contribution in [0, 0.1) is 5.82 Å². The van der Waals surface area contributed by atoms with Gasteiger partial charge in [-0.25, -0.2) is 14.0 Å². The second-order valence-corrected chi connectivity index (χ2v) is 6.67. The molecule has 21 heavy (non-hydrogen) atoms. The third kappa shape index (κ3) is 5.17. The van der Waals surface area contributed by atoms with Gasteiger partial charge in [0.25, 0.3) is 0 Å². The number of benzene rings is 1. The van der Waals surface area contributed by atoms with Crippen LogP contribution in [0.1, 0.15) is 62.3 Å². The van der Waals surface area contributed by atoms with Gasteiger partial charge in [0.15, 0.2) is 0 Å². The van der Waals surface area contributed by atoms with Gasteiger partial charge in [-0.3, -0.25) is 0 Å². The molecule has 0 aromatic heterocycles. The Kier molecular flexibility index (Phi) is 4.76. The molecule has 0 spiro atoms. The second-order valence-electron chi connectivity index (χ2n) is 6.67. The number of carbonyl (C=O) groups excluding carboxylic acids is 2. The van der Waals surface area contributed by atoms with Crippen molar-refractivity contribution in [1.82, 2.24) is 0 Å². The van der Waals surface area contributed by atoms with Crippen LogP contribution in [0.5, 0.6) is 0 Å². The monoisotopic (exact) mass is 296 g/mol. The summed E-state index contributed by atoms with van der Waals surface area (Å²) in [6.07, 6.45) is 0. The summed E-state index contributed by atoms with van der Waals surface area (Å²) in [5.74, 6) is -2.46. The molecule has 1 rings (SSSR count). The molecule has 0 fully saturated rings. The number of halogens is 1. The van der Waals surface area contributed by atoms with E-state index in [-0.39, 0.29) is 5.56 Å². The zero-order valence-corrected chi connectivity index (χ0v) is 13.2. The first-order chi connectivity index (χ1) is 9.41. The standard InChI is InChI=1S/C16H21FO4/c1-15(2,3)20-13(18)10-8-7-9-11(17)12(10)14(19)21-16(4,5)6/h7-9H,1-6H3. The van der Waals surface area contributed by atoms with Crippen LogP contribution in [0.15, 0.2) is 18.2 Å². The van der Waals surface area contributed by atoms with Crippen molar-refractivity contribution in [2.24, 2.45) is 0 Å². The van der Waals surface area contributed by atoms with Crippen LogP contribution in [0.2, 0.25) is 0 Å². The Balaban J connectivity index is 3.21. The van der Waals surface area contributed by atoms with E-state index in [1.165, 1.54) is 12.1 Å². The summed E-state index contributed by atoms with van der Waals surface area (Å²) in [5, 5.41) is 0. The second kappa shape index (κ2) is 5.84. The Labute approximate surface area is 124 Å². The molecule has 0 amide bonds. The minimum absolute atomic E-state index is 0.140. The first-order valence-electron chi connectivity index (χ1n) is 6.66. The lowest BCUT2D eigenvalue weighted by Crippen LogP contribution is -2.28. The smallest absolute Gasteiger partial charge is 0.342 e. The Morgan fingerprint density at radius 1 is 0.905 bits per heavy atom. The van der Waals surface area contributed by atoms with Crippen molar-refractivity contribution in [2.45, 2.75) is 52.7 Å². The van der Waals surface area contributed by atoms with Crippen LogP contribution < -0.4 is 0 Å². The van der Waals surface area contributed by atoms with Crippen LogP contribution >= 0.6 is 0 Å². The maximum absolute atomic E-state index is 14.0. The van der Waals surface area contributed by atoms with Gasteiger partial charge in [0.05, 0.1) is 5.56 Å². The molecule has 5 heteroatoms. The SMILES string of the molecule is CC(C)(C)OC(=O)c1cccc(F)c1C(=O)OC(C)(C)C. The van der Waals surface area contributed by atoms with Gasteiger partial charge in [-0.15, -0.1) is 0 Å². The Morgan fingerprint density at radius 2 is 1.38 bits per heavy atom. The molecule has 0 aliphatic carbocycles. The number of hydrogen-bond acceptors (Lipinski definition) is 4. The summed E-state index contributed by atoms with van der Waals surface area (Å²) >= 11 is 0. The molecule has 0 aliphatic heterocycles. The molecule has 1 aromatic rings.